The number of piperidine rings is 1. The molecule has 0 spiro atoms. The van der Waals surface area contributed by atoms with E-state index in [1.165, 1.54) is 0 Å². The van der Waals surface area contributed by atoms with Crippen molar-refractivity contribution in [2.45, 2.75) is 12.8 Å². The Morgan fingerprint density at radius 2 is 1.76 bits per heavy atom. The van der Waals surface area contributed by atoms with Gasteiger partial charge in [0.2, 0.25) is 5.91 Å². The molecule has 25 heavy (non-hydrogen) atoms. The van der Waals surface area contributed by atoms with Crippen LogP contribution in [0, 0.1) is 17.2 Å². The van der Waals surface area contributed by atoms with Gasteiger partial charge in [0, 0.05) is 30.3 Å². The van der Waals surface area contributed by atoms with E-state index in [1.54, 1.807) is 29.2 Å². The third-order valence-electron chi connectivity index (χ3n) is 4.43. The van der Waals surface area contributed by atoms with Crippen molar-refractivity contribution >= 4 is 17.5 Å². The number of nitriles is 1. The van der Waals surface area contributed by atoms with Gasteiger partial charge in [0.1, 0.15) is 0 Å². The third kappa shape index (κ3) is 4.04. The summed E-state index contributed by atoms with van der Waals surface area (Å²) in [4.78, 5) is 26.7. The Morgan fingerprint density at radius 1 is 1.04 bits per heavy atom. The highest BCUT2D eigenvalue weighted by molar-refractivity contribution is 5.95. The fourth-order valence-corrected chi connectivity index (χ4v) is 3.01. The third-order valence-corrected chi connectivity index (χ3v) is 4.43. The van der Waals surface area contributed by atoms with Gasteiger partial charge in [0.05, 0.1) is 11.6 Å². The lowest BCUT2D eigenvalue weighted by molar-refractivity contribution is -0.121. The highest BCUT2D eigenvalue weighted by Gasteiger charge is 2.27. The van der Waals surface area contributed by atoms with Crippen LogP contribution in [0.1, 0.15) is 28.8 Å². The molecule has 1 saturated heterocycles. The second-order valence-corrected chi connectivity index (χ2v) is 6.11. The number of likely N-dealkylation sites (tertiary alicyclic amines) is 1. The van der Waals surface area contributed by atoms with Gasteiger partial charge in [-0.25, -0.2) is 0 Å². The highest BCUT2D eigenvalue weighted by atomic mass is 16.2. The number of carbonyl (C=O) groups excluding carboxylic acids is 2. The molecule has 0 radical (unpaired) electrons. The molecule has 1 N–H and O–H groups in total. The zero-order chi connectivity index (χ0) is 17.6. The molecule has 2 aromatic rings. The number of anilines is 1. The fourth-order valence-electron chi connectivity index (χ4n) is 3.01. The van der Waals surface area contributed by atoms with Crippen LogP contribution in [0.4, 0.5) is 5.69 Å². The zero-order valence-electron chi connectivity index (χ0n) is 13.8. The minimum atomic E-state index is -0.0882. The van der Waals surface area contributed by atoms with Crippen LogP contribution in [0.25, 0.3) is 0 Å². The molecule has 1 aliphatic rings. The maximum atomic E-state index is 12.6. The van der Waals surface area contributed by atoms with Gasteiger partial charge in [-0.1, -0.05) is 24.3 Å². The molecular weight excluding hydrogens is 314 g/mol. The first-order chi connectivity index (χ1) is 12.2. The number of benzene rings is 2. The van der Waals surface area contributed by atoms with Gasteiger partial charge in [0.25, 0.3) is 5.91 Å². The van der Waals surface area contributed by atoms with Gasteiger partial charge in [0.15, 0.2) is 0 Å². The van der Waals surface area contributed by atoms with Crippen LogP contribution in [0.2, 0.25) is 0 Å². The van der Waals surface area contributed by atoms with Crippen LogP contribution in [-0.2, 0) is 4.79 Å². The quantitative estimate of drug-likeness (QED) is 0.938. The summed E-state index contributed by atoms with van der Waals surface area (Å²) in [5.41, 5.74) is 1.79. The van der Waals surface area contributed by atoms with Gasteiger partial charge in [-0.05, 0) is 43.2 Å². The maximum Gasteiger partial charge on any atom is 0.253 e. The van der Waals surface area contributed by atoms with Crippen molar-refractivity contribution in [1.29, 1.82) is 5.26 Å². The standard InChI is InChI=1S/C20H19N3O2/c21-14-15-5-4-6-17(13-15)20(25)23-11-9-16(10-12-23)19(24)22-18-7-2-1-3-8-18/h1-8,13,16H,9-12H2,(H,22,24). The molecule has 1 aliphatic heterocycles. The van der Waals surface area contributed by atoms with Gasteiger partial charge in [-0.15, -0.1) is 0 Å². The highest BCUT2D eigenvalue weighted by Crippen LogP contribution is 2.21. The van der Waals surface area contributed by atoms with E-state index in [9.17, 15) is 9.59 Å². The Labute approximate surface area is 146 Å². The van der Waals surface area contributed by atoms with E-state index in [2.05, 4.69) is 5.32 Å². The summed E-state index contributed by atoms with van der Waals surface area (Å²) in [7, 11) is 0. The van der Waals surface area contributed by atoms with Crippen LogP contribution in [0.5, 0.6) is 0 Å². The average Bonchev–Trinajstić information content (AvgIpc) is 2.68. The topological polar surface area (TPSA) is 73.2 Å². The van der Waals surface area contributed by atoms with Crippen LogP contribution >= 0.6 is 0 Å². The number of hydrogen-bond acceptors (Lipinski definition) is 3. The molecular formula is C20H19N3O2. The molecule has 0 aromatic heterocycles. The maximum absolute atomic E-state index is 12.6. The van der Waals surface area contributed by atoms with Crippen molar-refractivity contribution in [3.63, 3.8) is 0 Å². The molecule has 2 amide bonds. The van der Waals surface area contributed by atoms with Crippen molar-refractivity contribution in [1.82, 2.24) is 4.90 Å². The van der Waals surface area contributed by atoms with Gasteiger partial charge in [-0.3, -0.25) is 9.59 Å². The molecule has 5 nitrogen and oxygen atoms in total. The second-order valence-electron chi connectivity index (χ2n) is 6.11. The largest absolute Gasteiger partial charge is 0.339 e. The van der Waals surface area contributed by atoms with Crippen molar-refractivity contribution in [2.24, 2.45) is 5.92 Å². The van der Waals surface area contributed by atoms with E-state index in [0.29, 0.717) is 37.1 Å². The molecule has 0 atom stereocenters. The molecule has 1 fully saturated rings. The summed E-state index contributed by atoms with van der Waals surface area (Å²) in [5.74, 6) is -0.168. The molecule has 5 heteroatoms. The molecule has 126 valence electrons. The first-order valence-corrected chi connectivity index (χ1v) is 8.33. The molecule has 0 aliphatic carbocycles. The Balaban J connectivity index is 1.57. The van der Waals surface area contributed by atoms with Gasteiger partial charge in [-0.2, -0.15) is 5.26 Å². The number of para-hydroxylation sites is 1. The molecule has 2 aromatic carbocycles. The molecule has 0 bridgehead atoms. The van der Waals surface area contributed by atoms with E-state index in [0.717, 1.165) is 5.69 Å². The SMILES string of the molecule is N#Cc1cccc(C(=O)N2CCC(C(=O)Nc3ccccc3)CC2)c1. The second kappa shape index (κ2) is 7.63. The first-order valence-electron chi connectivity index (χ1n) is 8.33. The lowest BCUT2D eigenvalue weighted by Crippen LogP contribution is -2.41. The Kier molecular flexibility index (Phi) is 5.10. The monoisotopic (exact) mass is 333 g/mol. The van der Waals surface area contributed by atoms with E-state index in [-0.39, 0.29) is 17.7 Å². The molecule has 0 saturated carbocycles. The summed E-state index contributed by atoms with van der Waals surface area (Å²) < 4.78 is 0. The van der Waals surface area contributed by atoms with Crippen molar-refractivity contribution < 1.29 is 9.59 Å². The van der Waals surface area contributed by atoms with Crippen LogP contribution in [0.15, 0.2) is 54.6 Å². The number of hydrogen-bond donors (Lipinski definition) is 1. The number of carbonyl (C=O) groups is 2. The van der Waals surface area contributed by atoms with E-state index in [1.807, 2.05) is 36.4 Å². The minimum absolute atomic E-state index is 0.00442. The number of nitrogens with one attached hydrogen (secondary N) is 1. The summed E-state index contributed by atoms with van der Waals surface area (Å²) in [6, 6.07) is 18.2. The van der Waals surface area contributed by atoms with Crippen LogP contribution < -0.4 is 5.32 Å². The predicted octanol–water partition coefficient (Wildman–Crippen LogP) is 3.05. The predicted molar refractivity (Wildman–Crippen MR) is 94.9 cm³/mol. The smallest absolute Gasteiger partial charge is 0.253 e. The van der Waals surface area contributed by atoms with E-state index >= 15 is 0 Å². The van der Waals surface area contributed by atoms with Crippen molar-refractivity contribution in [3.8, 4) is 6.07 Å². The van der Waals surface area contributed by atoms with Gasteiger partial charge >= 0.3 is 0 Å². The summed E-state index contributed by atoms with van der Waals surface area (Å²) in [6.07, 6.45) is 1.28. The van der Waals surface area contributed by atoms with Crippen molar-refractivity contribution in [3.05, 3.63) is 65.7 Å². The van der Waals surface area contributed by atoms with Crippen molar-refractivity contribution in [2.75, 3.05) is 18.4 Å². The lowest BCUT2D eigenvalue weighted by atomic mass is 9.95. The van der Waals surface area contributed by atoms with Crippen LogP contribution in [-0.4, -0.2) is 29.8 Å². The summed E-state index contributed by atoms with van der Waals surface area (Å²) in [6.45, 7) is 1.09. The normalized spacial score (nSPS) is 14.6. The Hall–Kier alpha value is -3.13. The number of amides is 2. The number of rotatable bonds is 3. The van der Waals surface area contributed by atoms with E-state index in [4.69, 9.17) is 5.26 Å². The minimum Gasteiger partial charge on any atom is -0.339 e. The Morgan fingerprint density at radius 3 is 2.44 bits per heavy atom. The summed E-state index contributed by atoms with van der Waals surface area (Å²) >= 11 is 0. The molecule has 0 unspecified atom stereocenters. The Bertz CT molecular complexity index is 803. The van der Waals surface area contributed by atoms with Gasteiger partial charge < -0.3 is 10.2 Å². The molecule has 3 rings (SSSR count). The lowest BCUT2D eigenvalue weighted by Gasteiger charge is -2.31. The average molecular weight is 333 g/mol. The molecule has 1 heterocycles. The first kappa shape index (κ1) is 16.7. The zero-order valence-corrected chi connectivity index (χ0v) is 13.8. The number of nitrogens with zero attached hydrogens (tertiary/aromatic N) is 2. The van der Waals surface area contributed by atoms with E-state index < -0.39 is 0 Å². The fraction of sp³-hybridized carbons (Fsp3) is 0.250. The summed E-state index contributed by atoms with van der Waals surface area (Å²) in [5, 5.41) is 11.9. The van der Waals surface area contributed by atoms with Crippen LogP contribution in [0.3, 0.4) is 0 Å².